The molecule has 1 aromatic heterocycles. The van der Waals surface area contributed by atoms with Crippen LogP contribution in [0.2, 0.25) is 0 Å². The monoisotopic (exact) mass is 485 g/mol. The maximum atomic E-state index is 12.8. The van der Waals surface area contributed by atoms with Crippen molar-refractivity contribution >= 4 is 23.1 Å². The molecular weight excluding hydrogens is 454 g/mol. The second kappa shape index (κ2) is 10.5. The number of benzene rings is 1. The van der Waals surface area contributed by atoms with Crippen molar-refractivity contribution in [3.63, 3.8) is 0 Å². The summed E-state index contributed by atoms with van der Waals surface area (Å²) >= 11 is 0. The number of carbonyl (C=O) groups is 2. The molecule has 0 atom stereocenters. The van der Waals surface area contributed by atoms with Crippen LogP contribution in [0.15, 0.2) is 59.8 Å². The van der Waals surface area contributed by atoms with E-state index in [1.807, 2.05) is 24.4 Å². The molecule has 0 saturated heterocycles. The van der Waals surface area contributed by atoms with Crippen LogP contribution in [0, 0.1) is 0 Å². The van der Waals surface area contributed by atoms with Crippen LogP contribution < -0.4 is 15.4 Å². The number of amides is 2. The lowest BCUT2D eigenvalue weighted by Gasteiger charge is -2.27. The van der Waals surface area contributed by atoms with Crippen LogP contribution >= 0.6 is 0 Å². The van der Waals surface area contributed by atoms with Gasteiger partial charge in [0, 0.05) is 31.0 Å². The Morgan fingerprint density at radius 3 is 2.86 bits per heavy atom. The summed E-state index contributed by atoms with van der Waals surface area (Å²) in [5, 5.41) is 5.89. The summed E-state index contributed by atoms with van der Waals surface area (Å²) in [5.41, 5.74) is 9.38. The number of pyridine rings is 1. The molecule has 186 valence electrons. The maximum absolute atomic E-state index is 12.8. The number of nitrogens with one attached hydrogen (secondary N) is 2. The van der Waals surface area contributed by atoms with Crippen molar-refractivity contribution in [1.82, 2.24) is 10.3 Å². The number of carbonyl (C=O) groups excluding carboxylic acids is 2. The van der Waals surface area contributed by atoms with E-state index in [2.05, 4.69) is 23.3 Å². The van der Waals surface area contributed by atoms with Crippen LogP contribution in [-0.2, 0) is 20.7 Å². The zero-order chi connectivity index (χ0) is 25.1. The molecule has 2 N–H and O–H groups in total. The van der Waals surface area contributed by atoms with Gasteiger partial charge in [0.25, 0.3) is 5.91 Å². The quantitative estimate of drug-likeness (QED) is 0.442. The molecule has 2 aliphatic carbocycles. The normalized spacial score (nSPS) is 16.9. The van der Waals surface area contributed by atoms with Crippen LogP contribution in [-0.4, -0.2) is 43.7 Å². The largest absolute Gasteiger partial charge is 0.489 e. The number of nitrogens with zero attached hydrogens (tertiary/aromatic N) is 1. The average Bonchev–Trinajstić information content (AvgIpc) is 3.09. The van der Waals surface area contributed by atoms with Gasteiger partial charge in [0.05, 0.1) is 18.0 Å². The molecule has 7 heteroatoms. The topological polar surface area (TPSA) is 89.6 Å². The first-order valence-electron chi connectivity index (χ1n) is 12.5. The fourth-order valence-electron chi connectivity index (χ4n) is 5.37. The van der Waals surface area contributed by atoms with Crippen molar-refractivity contribution in [3.8, 4) is 17.0 Å². The zero-order valence-electron chi connectivity index (χ0n) is 20.6. The van der Waals surface area contributed by atoms with E-state index < -0.39 is 0 Å². The Morgan fingerprint density at radius 1 is 1.14 bits per heavy atom. The van der Waals surface area contributed by atoms with Gasteiger partial charge < -0.3 is 20.1 Å². The smallest absolute Gasteiger partial charge is 0.251 e. The number of allylic oxidation sites excluding steroid dienone is 1. The third kappa shape index (κ3) is 4.71. The van der Waals surface area contributed by atoms with E-state index in [9.17, 15) is 9.59 Å². The molecule has 36 heavy (non-hydrogen) atoms. The lowest BCUT2D eigenvalue weighted by molar-refractivity contribution is -0.117. The van der Waals surface area contributed by atoms with Gasteiger partial charge in [0.1, 0.15) is 12.4 Å². The van der Waals surface area contributed by atoms with E-state index in [1.165, 1.54) is 33.9 Å². The zero-order valence-corrected chi connectivity index (χ0v) is 20.6. The molecule has 0 spiro atoms. The number of anilines is 1. The molecule has 3 aliphatic rings. The van der Waals surface area contributed by atoms with Crippen LogP contribution in [0.5, 0.6) is 5.75 Å². The minimum atomic E-state index is -0.315. The second-order valence-corrected chi connectivity index (χ2v) is 9.27. The van der Waals surface area contributed by atoms with Crippen molar-refractivity contribution in [3.05, 3.63) is 71.0 Å². The number of hydrogen-bond donors (Lipinski definition) is 2. The highest BCUT2D eigenvalue weighted by molar-refractivity contribution is 6.03. The Labute approximate surface area is 211 Å². The summed E-state index contributed by atoms with van der Waals surface area (Å²) < 4.78 is 10.9. The van der Waals surface area contributed by atoms with E-state index >= 15 is 0 Å². The van der Waals surface area contributed by atoms with Gasteiger partial charge in [-0.05, 0) is 91.1 Å². The first kappa shape index (κ1) is 24.0. The van der Waals surface area contributed by atoms with Gasteiger partial charge in [-0.1, -0.05) is 12.2 Å². The molecule has 0 radical (unpaired) electrons. The van der Waals surface area contributed by atoms with Crippen molar-refractivity contribution in [2.24, 2.45) is 0 Å². The lowest BCUT2D eigenvalue weighted by Crippen LogP contribution is -2.32. The van der Waals surface area contributed by atoms with Gasteiger partial charge in [-0.15, -0.1) is 0 Å². The van der Waals surface area contributed by atoms with Crippen LogP contribution in [0.25, 0.3) is 16.8 Å². The van der Waals surface area contributed by atoms with Crippen molar-refractivity contribution in [2.75, 3.05) is 32.2 Å². The third-order valence-electron chi connectivity index (χ3n) is 7.08. The average molecular weight is 486 g/mol. The van der Waals surface area contributed by atoms with E-state index in [0.29, 0.717) is 24.7 Å². The van der Waals surface area contributed by atoms with Crippen LogP contribution in [0.4, 0.5) is 5.69 Å². The predicted octanol–water partition coefficient (Wildman–Crippen LogP) is 4.60. The highest BCUT2D eigenvalue weighted by Gasteiger charge is 2.31. The second-order valence-electron chi connectivity index (χ2n) is 9.27. The highest BCUT2D eigenvalue weighted by atomic mass is 16.5. The van der Waals surface area contributed by atoms with Crippen LogP contribution in [0.3, 0.4) is 0 Å². The lowest BCUT2D eigenvalue weighted by atomic mass is 9.80. The van der Waals surface area contributed by atoms with Gasteiger partial charge in [0.2, 0.25) is 5.91 Å². The molecular formula is C29H31N3O4. The highest BCUT2D eigenvalue weighted by Crippen LogP contribution is 2.44. The Balaban J connectivity index is 1.54. The third-order valence-corrected chi connectivity index (χ3v) is 7.08. The molecule has 2 aromatic rings. The first-order chi connectivity index (χ1) is 17.6. The maximum Gasteiger partial charge on any atom is 0.251 e. The summed E-state index contributed by atoms with van der Waals surface area (Å²) in [4.78, 5) is 29.7. The number of hydrogen-bond acceptors (Lipinski definition) is 5. The summed E-state index contributed by atoms with van der Waals surface area (Å²) in [7, 11) is 1.61. The van der Waals surface area contributed by atoms with Crippen molar-refractivity contribution in [2.45, 2.75) is 38.5 Å². The van der Waals surface area contributed by atoms with Gasteiger partial charge in [-0.25, -0.2) is 0 Å². The van der Waals surface area contributed by atoms with Gasteiger partial charge >= 0.3 is 0 Å². The number of aryl methyl sites for hydroxylation is 1. The first-order valence-corrected chi connectivity index (χ1v) is 12.5. The van der Waals surface area contributed by atoms with Crippen LogP contribution in [0.1, 0.15) is 43.2 Å². The molecule has 1 aliphatic heterocycles. The number of methoxy groups -OCH3 is 1. The number of fused-ring (bicyclic) bond motifs is 3. The van der Waals surface area contributed by atoms with Crippen molar-refractivity contribution < 1.29 is 19.1 Å². The van der Waals surface area contributed by atoms with Crippen molar-refractivity contribution in [1.29, 1.82) is 0 Å². The summed E-state index contributed by atoms with van der Waals surface area (Å²) in [5.74, 6) is 0.320. The summed E-state index contributed by atoms with van der Waals surface area (Å²) in [6, 6.07) is 7.79. The Bertz CT molecular complexity index is 1290. The summed E-state index contributed by atoms with van der Waals surface area (Å²) in [6.45, 7) is 5.09. The van der Waals surface area contributed by atoms with E-state index in [0.717, 1.165) is 61.9 Å². The molecule has 0 unspecified atom stereocenters. The molecule has 2 amide bonds. The Kier molecular flexibility index (Phi) is 7.00. The van der Waals surface area contributed by atoms with Gasteiger partial charge in [0.15, 0.2) is 0 Å². The van der Waals surface area contributed by atoms with E-state index in [1.54, 1.807) is 7.11 Å². The number of ether oxygens (including phenoxy) is 2. The molecule has 0 saturated carbocycles. The van der Waals surface area contributed by atoms with E-state index in [-0.39, 0.29) is 11.8 Å². The Hall–Kier alpha value is -3.71. The molecule has 0 fully saturated rings. The van der Waals surface area contributed by atoms with Gasteiger partial charge in [-0.3, -0.25) is 14.6 Å². The minimum Gasteiger partial charge on any atom is -0.489 e. The number of aromatic nitrogens is 1. The molecule has 0 bridgehead atoms. The predicted molar refractivity (Wildman–Crippen MR) is 140 cm³/mol. The fourth-order valence-corrected chi connectivity index (χ4v) is 5.37. The minimum absolute atomic E-state index is 0.0787. The summed E-state index contributed by atoms with van der Waals surface area (Å²) in [6.07, 6.45) is 8.88. The Morgan fingerprint density at radius 2 is 2.03 bits per heavy atom. The molecule has 7 nitrogen and oxygen atoms in total. The molecule has 2 heterocycles. The molecule has 5 rings (SSSR count). The molecule has 1 aromatic carbocycles. The van der Waals surface area contributed by atoms with E-state index in [4.69, 9.17) is 14.5 Å². The van der Waals surface area contributed by atoms with Gasteiger partial charge in [-0.2, -0.15) is 0 Å². The standard InChI is InChI=1S/C29H31N3O4/c1-3-27(33)32-25-15-19(8-10-26(25)36-14-13-35-2)24-16-23-20(17-31-24)7-9-22-21(23)6-4-5-18-11-12-30-29(34)28(18)22/h3,8,10,15-17H,1,4-7,9,11-14H2,2H3,(H,30,34)(H,32,33). The fraction of sp³-hybridized carbons (Fsp3) is 0.345. The number of rotatable bonds is 7. The SMILES string of the molecule is C=CC(=O)Nc1cc(-c2cc3c(cn2)CCC2=C3CCCC3=C2C(=O)NCC3)ccc1OCCOC.